The predicted octanol–water partition coefficient (Wildman–Crippen LogP) is 2.49. The van der Waals surface area contributed by atoms with Gasteiger partial charge in [0.25, 0.3) is 5.91 Å². The van der Waals surface area contributed by atoms with Crippen LogP contribution in [0.15, 0.2) is 16.7 Å². The van der Waals surface area contributed by atoms with Gasteiger partial charge in [0, 0.05) is 16.2 Å². The van der Waals surface area contributed by atoms with Gasteiger partial charge in [-0.25, -0.2) is 4.98 Å². The van der Waals surface area contributed by atoms with Crippen molar-refractivity contribution in [2.24, 2.45) is 0 Å². The van der Waals surface area contributed by atoms with Gasteiger partial charge < -0.3 is 11.1 Å². The molecule has 0 aromatic carbocycles. The van der Waals surface area contributed by atoms with Crippen LogP contribution in [0, 0.1) is 0 Å². The zero-order chi connectivity index (χ0) is 12.5. The fraction of sp³-hybridized carbons (Fsp3) is 0.500. The number of hydrogen-bond donors (Lipinski definition) is 2. The van der Waals surface area contributed by atoms with Gasteiger partial charge in [-0.3, -0.25) is 4.79 Å². The van der Waals surface area contributed by atoms with Crippen molar-refractivity contribution in [3.8, 4) is 0 Å². The van der Waals surface area contributed by atoms with E-state index in [-0.39, 0.29) is 11.4 Å². The van der Waals surface area contributed by atoms with E-state index in [0.29, 0.717) is 15.9 Å². The van der Waals surface area contributed by atoms with Gasteiger partial charge in [-0.2, -0.15) is 0 Å². The van der Waals surface area contributed by atoms with Crippen LogP contribution >= 0.6 is 15.9 Å². The molecule has 1 amide bonds. The first-order chi connectivity index (χ1) is 8.06. The Morgan fingerprint density at radius 1 is 1.65 bits per heavy atom. The highest BCUT2D eigenvalue weighted by molar-refractivity contribution is 9.10. The predicted molar refractivity (Wildman–Crippen MR) is 70.7 cm³/mol. The second kappa shape index (κ2) is 4.64. The van der Waals surface area contributed by atoms with E-state index in [9.17, 15) is 4.79 Å². The first kappa shape index (κ1) is 12.4. The van der Waals surface area contributed by atoms with Gasteiger partial charge in [0.1, 0.15) is 5.82 Å². The van der Waals surface area contributed by atoms with E-state index in [4.69, 9.17) is 5.73 Å². The summed E-state index contributed by atoms with van der Waals surface area (Å²) in [7, 11) is 0. The van der Waals surface area contributed by atoms with Gasteiger partial charge in [-0.15, -0.1) is 0 Å². The van der Waals surface area contributed by atoms with Gasteiger partial charge in [-0.05, 0) is 47.7 Å². The maximum atomic E-state index is 12.2. The number of carbonyl (C=O) groups is 1. The van der Waals surface area contributed by atoms with Gasteiger partial charge >= 0.3 is 0 Å². The number of halogens is 1. The fourth-order valence-electron chi connectivity index (χ4n) is 2.11. The van der Waals surface area contributed by atoms with Crippen molar-refractivity contribution in [2.75, 3.05) is 5.73 Å². The zero-order valence-electron chi connectivity index (χ0n) is 9.79. The number of anilines is 1. The average molecular weight is 298 g/mol. The number of rotatable bonds is 3. The number of carbonyl (C=O) groups excluding carboxylic acids is 1. The summed E-state index contributed by atoms with van der Waals surface area (Å²) >= 11 is 3.32. The minimum absolute atomic E-state index is 0.00540. The Morgan fingerprint density at radius 2 is 2.35 bits per heavy atom. The summed E-state index contributed by atoms with van der Waals surface area (Å²) in [6.07, 6.45) is 5.84. The number of pyridine rings is 1. The van der Waals surface area contributed by atoms with E-state index < -0.39 is 0 Å². The first-order valence-corrected chi connectivity index (χ1v) is 6.59. The molecule has 17 heavy (non-hydrogen) atoms. The Kier molecular flexibility index (Phi) is 3.38. The quantitative estimate of drug-likeness (QED) is 0.901. The van der Waals surface area contributed by atoms with Crippen LogP contribution in [0.3, 0.4) is 0 Å². The summed E-state index contributed by atoms with van der Waals surface area (Å²) in [5, 5.41) is 3.11. The van der Waals surface area contributed by atoms with E-state index in [1.807, 2.05) is 0 Å². The Bertz CT molecular complexity index is 438. The molecule has 1 aliphatic rings. The number of nitrogens with zero attached hydrogens (tertiary/aromatic N) is 1. The van der Waals surface area contributed by atoms with Gasteiger partial charge in [0.15, 0.2) is 0 Å². The number of aromatic nitrogens is 1. The van der Waals surface area contributed by atoms with Crippen molar-refractivity contribution < 1.29 is 4.79 Å². The molecule has 1 aromatic rings. The first-order valence-electron chi connectivity index (χ1n) is 5.80. The third-order valence-corrected chi connectivity index (χ3v) is 4.12. The standard InChI is InChI=1S/C12H16BrN3O/c1-2-12(4-3-5-12)16-11(17)8-6-10(14)15-7-9(8)13/h6-7H,2-5H2,1H3,(H2,14,15)(H,16,17). The van der Waals surface area contributed by atoms with E-state index >= 15 is 0 Å². The molecule has 1 saturated carbocycles. The molecule has 0 bridgehead atoms. The van der Waals surface area contributed by atoms with Crippen molar-refractivity contribution in [1.82, 2.24) is 10.3 Å². The molecule has 0 unspecified atom stereocenters. The molecule has 92 valence electrons. The monoisotopic (exact) mass is 297 g/mol. The number of amides is 1. The van der Waals surface area contributed by atoms with E-state index in [2.05, 4.69) is 33.2 Å². The highest BCUT2D eigenvalue weighted by atomic mass is 79.9. The van der Waals surface area contributed by atoms with Gasteiger partial charge in [-0.1, -0.05) is 6.92 Å². The Morgan fingerprint density at radius 3 is 2.88 bits per heavy atom. The topological polar surface area (TPSA) is 68.0 Å². The van der Waals surface area contributed by atoms with Crippen molar-refractivity contribution in [3.63, 3.8) is 0 Å². The molecule has 1 heterocycles. The third kappa shape index (κ3) is 2.44. The number of nitrogens with two attached hydrogens (primary N) is 1. The normalized spacial score (nSPS) is 17.3. The molecule has 0 spiro atoms. The Labute approximate surface area is 109 Å². The summed E-state index contributed by atoms with van der Waals surface area (Å²) in [6, 6.07) is 1.60. The zero-order valence-corrected chi connectivity index (χ0v) is 11.4. The lowest BCUT2D eigenvalue weighted by molar-refractivity contribution is 0.0819. The molecule has 0 saturated heterocycles. The van der Waals surface area contributed by atoms with Crippen molar-refractivity contribution >= 4 is 27.7 Å². The summed E-state index contributed by atoms with van der Waals surface area (Å²) in [5.41, 5.74) is 6.14. The SMILES string of the molecule is CCC1(NC(=O)c2cc(N)ncc2Br)CCC1. The van der Waals surface area contributed by atoms with Crippen molar-refractivity contribution in [2.45, 2.75) is 38.1 Å². The minimum Gasteiger partial charge on any atom is -0.384 e. The van der Waals surface area contributed by atoms with Crippen LogP contribution < -0.4 is 11.1 Å². The molecule has 0 aliphatic heterocycles. The van der Waals surface area contributed by atoms with Crippen molar-refractivity contribution in [1.29, 1.82) is 0 Å². The van der Waals surface area contributed by atoms with Gasteiger partial charge in [0.2, 0.25) is 0 Å². The second-order valence-electron chi connectivity index (χ2n) is 4.53. The van der Waals surface area contributed by atoms with Crippen LogP contribution in [0.25, 0.3) is 0 Å². The summed E-state index contributed by atoms with van der Waals surface area (Å²) in [5.74, 6) is 0.282. The van der Waals surface area contributed by atoms with E-state index in [1.165, 1.54) is 6.42 Å². The highest BCUT2D eigenvalue weighted by Crippen LogP contribution is 2.35. The number of hydrogen-bond acceptors (Lipinski definition) is 3. The number of nitrogen functional groups attached to an aromatic ring is 1. The van der Waals surface area contributed by atoms with Crippen LogP contribution in [-0.2, 0) is 0 Å². The van der Waals surface area contributed by atoms with Crippen LogP contribution in [0.1, 0.15) is 43.0 Å². The van der Waals surface area contributed by atoms with E-state index in [0.717, 1.165) is 19.3 Å². The summed E-state index contributed by atoms with van der Waals surface area (Å²) < 4.78 is 0.676. The molecular formula is C12H16BrN3O. The van der Waals surface area contributed by atoms with Gasteiger partial charge in [0.05, 0.1) is 5.56 Å². The second-order valence-corrected chi connectivity index (χ2v) is 5.38. The molecule has 4 nitrogen and oxygen atoms in total. The lowest BCUT2D eigenvalue weighted by Gasteiger charge is -2.42. The molecule has 1 aliphatic carbocycles. The Hall–Kier alpha value is -1.10. The molecule has 5 heteroatoms. The largest absolute Gasteiger partial charge is 0.384 e. The smallest absolute Gasteiger partial charge is 0.253 e. The summed E-state index contributed by atoms with van der Waals surface area (Å²) in [6.45, 7) is 2.11. The fourth-order valence-corrected chi connectivity index (χ4v) is 2.50. The Balaban J connectivity index is 2.17. The maximum Gasteiger partial charge on any atom is 0.253 e. The summed E-state index contributed by atoms with van der Waals surface area (Å²) in [4.78, 5) is 16.1. The maximum absolute atomic E-state index is 12.2. The van der Waals surface area contributed by atoms with Crippen LogP contribution in [0.2, 0.25) is 0 Å². The highest BCUT2D eigenvalue weighted by Gasteiger charge is 2.36. The molecular weight excluding hydrogens is 282 g/mol. The average Bonchev–Trinajstić information content (AvgIpc) is 2.26. The number of nitrogens with one attached hydrogen (secondary N) is 1. The minimum atomic E-state index is -0.0764. The lowest BCUT2D eigenvalue weighted by atomic mass is 9.74. The molecule has 1 fully saturated rings. The van der Waals surface area contributed by atoms with Crippen LogP contribution in [0.4, 0.5) is 5.82 Å². The molecule has 1 aromatic heterocycles. The van der Waals surface area contributed by atoms with Crippen LogP contribution in [0.5, 0.6) is 0 Å². The van der Waals surface area contributed by atoms with Crippen molar-refractivity contribution in [3.05, 3.63) is 22.3 Å². The molecule has 0 atom stereocenters. The third-order valence-electron chi connectivity index (χ3n) is 3.49. The van der Waals surface area contributed by atoms with Crippen LogP contribution in [-0.4, -0.2) is 16.4 Å². The molecule has 2 rings (SSSR count). The molecule has 3 N–H and O–H groups in total. The lowest BCUT2D eigenvalue weighted by Crippen LogP contribution is -2.53. The molecule has 0 radical (unpaired) electrons. The van der Waals surface area contributed by atoms with E-state index in [1.54, 1.807) is 12.3 Å².